The second-order valence-electron chi connectivity index (χ2n) is 6.48. The lowest BCUT2D eigenvalue weighted by Gasteiger charge is -2.34. The van der Waals surface area contributed by atoms with E-state index < -0.39 is 0 Å². The van der Waals surface area contributed by atoms with Crippen LogP contribution in [0.25, 0.3) is 0 Å². The molecule has 1 aromatic rings. The number of hydrazone groups is 1. The van der Waals surface area contributed by atoms with E-state index in [0.717, 1.165) is 23.0 Å². The summed E-state index contributed by atoms with van der Waals surface area (Å²) in [4.78, 5) is 12.0. The van der Waals surface area contributed by atoms with E-state index in [-0.39, 0.29) is 11.3 Å². The Morgan fingerprint density at radius 2 is 2.00 bits per heavy atom. The normalized spacial score (nSPS) is 23.6. The van der Waals surface area contributed by atoms with E-state index in [1.54, 1.807) is 12.1 Å². The van der Waals surface area contributed by atoms with Gasteiger partial charge >= 0.3 is 0 Å². The minimum Gasteiger partial charge on any atom is -0.267 e. The third kappa shape index (κ3) is 4.17. The summed E-state index contributed by atoms with van der Waals surface area (Å²) in [5.41, 5.74) is 4.68. The highest BCUT2D eigenvalue weighted by Gasteiger charge is 2.29. The van der Waals surface area contributed by atoms with Gasteiger partial charge in [0.25, 0.3) is 5.91 Å². The number of halogens is 1. The van der Waals surface area contributed by atoms with E-state index in [2.05, 4.69) is 47.2 Å². The Balaban J connectivity index is 2.01. The van der Waals surface area contributed by atoms with Crippen LogP contribution < -0.4 is 5.43 Å². The van der Waals surface area contributed by atoms with Gasteiger partial charge < -0.3 is 0 Å². The topological polar surface area (TPSA) is 41.5 Å². The van der Waals surface area contributed by atoms with Gasteiger partial charge in [0.05, 0.1) is 0 Å². The molecule has 0 aliphatic heterocycles. The molecule has 0 spiro atoms. The van der Waals surface area contributed by atoms with Crippen LogP contribution in [0, 0.1) is 11.3 Å². The number of hydrogen-bond acceptors (Lipinski definition) is 2. The van der Waals surface area contributed by atoms with Crippen molar-refractivity contribution < 1.29 is 4.79 Å². The first-order chi connectivity index (χ1) is 9.35. The van der Waals surface area contributed by atoms with Crippen LogP contribution in [0.4, 0.5) is 0 Å². The second kappa shape index (κ2) is 6.08. The number of benzene rings is 1. The molecule has 1 aromatic carbocycles. The van der Waals surface area contributed by atoms with Crippen LogP contribution in [0.2, 0.25) is 0 Å². The van der Waals surface area contributed by atoms with E-state index in [4.69, 9.17) is 0 Å². The number of carbonyl (C=O) groups excluding carboxylic acids is 1. The maximum absolute atomic E-state index is 12.0. The summed E-state index contributed by atoms with van der Waals surface area (Å²) in [6, 6.07) is 7.28. The molecule has 20 heavy (non-hydrogen) atoms. The summed E-state index contributed by atoms with van der Waals surface area (Å²) in [6.45, 7) is 6.76. The predicted molar refractivity (Wildman–Crippen MR) is 85.8 cm³/mol. The average Bonchev–Trinajstić information content (AvgIpc) is 2.34. The van der Waals surface area contributed by atoms with Crippen molar-refractivity contribution in [3.05, 3.63) is 34.3 Å². The summed E-state index contributed by atoms with van der Waals surface area (Å²) in [5, 5.41) is 4.33. The monoisotopic (exact) mass is 336 g/mol. The van der Waals surface area contributed by atoms with Gasteiger partial charge in [-0.1, -0.05) is 36.7 Å². The molecule has 1 saturated carbocycles. The van der Waals surface area contributed by atoms with Crippen LogP contribution in [0.1, 0.15) is 50.4 Å². The summed E-state index contributed by atoms with van der Waals surface area (Å²) in [7, 11) is 0. The summed E-state index contributed by atoms with van der Waals surface area (Å²) in [6.07, 6.45) is 3.15. The van der Waals surface area contributed by atoms with Crippen LogP contribution in [0.5, 0.6) is 0 Å². The Morgan fingerprint density at radius 1 is 1.35 bits per heavy atom. The van der Waals surface area contributed by atoms with Crippen LogP contribution in [-0.4, -0.2) is 11.6 Å². The van der Waals surface area contributed by atoms with Crippen molar-refractivity contribution in [3.63, 3.8) is 0 Å². The van der Waals surface area contributed by atoms with Gasteiger partial charge in [-0.2, -0.15) is 5.10 Å². The first-order valence-electron chi connectivity index (χ1n) is 6.97. The third-order valence-electron chi connectivity index (χ3n) is 3.59. The third-order valence-corrected chi connectivity index (χ3v) is 4.12. The molecule has 1 aliphatic rings. The van der Waals surface area contributed by atoms with Crippen LogP contribution >= 0.6 is 15.9 Å². The zero-order chi connectivity index (χ0) is 14.8. The highest BCUT2D eigenvalue weighted by Crippen LogP contribution is 2.36. The fourth-order valence-electron chi connectivity index (χ4n) is 3.00. The van der Waals surface area contributed by atoms with Crippen molar-refractivity contribution in [3.8, 4) is 0 Å². The Kier molecular flexibility index (Phi) is 4.63. The number of hydrogen-bond donors (Lipinski definition) is 1. The van der Waals surface area contributed by atoms with Crippen molar-refractivity contribution in [2.75, 3.05) is 0 Å². The Morgan fingerprint density at radius 3 is 2.60 bits per heavy atom. The largest absolute Gasteiger partial charge is 0.271 e. The zero-order valence-electron chi connectivity index (χ0n) is 12.2. The molecule has 108 valence electrons. The van der Waals surface area contributed by atoms with Gasteiger partial charge in [-0.15, -0.1) is 0 Å². The molecule has 1 amide bonds. The molecule has 0 bridgehead atoms. The van der Waals surface area contributed by atoms with Gasteiger partial charge in [0.15, 0.2) is 0 Å². The lowest BCUT2D eigenvalue weighted by molar-refractivity contribution is 0.0954. The van der Waals surface area contributed by atoms with E-state index in [9.17, 15) is 4.79 Å². The van der Waals surface area contributed by atoms with Crippen molar-refractivity contribution in [1.82, 2.24) is 5.43 Å². The van der Waals surface area contributed by atoms with Gasteiger partial charge in [-0.25, -0.2) is 5.43 Å². The van der Waals surface area contributed by atoms with Crippen molar-refractivity contribution >= 4 is 27.5 Å². The molecule has 0 aromatic heterocycles. The van der Waals surface area contributed by atoms with Gasteiger partial charge in [0, 0.05) is 15.7 Å². The smallest absolute Gasteiger partial charge is 0.267 e. The molecule has 1 atom stereocenters. The van der Waals surface area contributed by atoms with Crippen molar-refractivity contribution in [2.24, 2.45) is 16.4 Å². The molecular formula is C16H21BrN2O. The molecule has 0 heterocycles. The molecule has 0 saturated heterocycles. The van der Waals surface area contributed by atoms with E-state index >= 15 is 0 Å². The minimum atomic E-state index is -0.152. The zero-order valence-corrected chi connectivity index (χ0v) is 13.8. The molecule has 0 unspecified atom stereocenters. The maximum Gasteiger partial charge on any atom is 0.271 e. The molecule has 1 aliphatic carbocycles. The van der Waals surface area contributed by atoms with Gasteiger partial charge in [-0.3, -0.25) is 4.79 Å². The molecule has 2 rings (SSSR count). The van der Waals surface area contributed by atoms with Gasteiger partial charge in [0.1, 0.15) is 0 Å². The molecule has 1 N–H and O–H groups in total. The van der Waals surface area contributed by atoms with Crippen LogP contribution in [-0.2, 0) is 0 Å². The Labute approximate surface area is 129 Å². The SMILES string of the molecule is C[C@H]1C/C(=N/NC(=O)c2ccc(Br)cc2)CC(C)(C)C1. The first kappa shape index (κ1) is 15.2. The first-order valence-corrected chi connectivity index (χ1v) is 7.76. The van der Waals surface area contributed by atoms with Crippen LogP contribution in [0.3, 0.4) is 0 Å². The number of nitrogens with one attached hydrogen (secondary N) is 1. The van der Waals surface area contributed by atoms with Crippen molar-refractivity contribution in [1.29, 1.82) is 0 Å². The molecule has 4 heteroatoms. The highest BCUT2D eigenvalue weighted by molar-refractivity contribution is 9.10. The number of rotatable bonds is 2. The average molecular weight is 337 g/mol. The van der Waals surface area contributed by atoms with Crippen molar-refractivity contribution in [2.45, 2.75) is 40.0 Å². The van der Waals surface area contributed by atoms with E-state index in [1.807, 2.05) is 12.1 Å². The lowest BCUT2D eigenvalue weighted by atomic mass is 9.72. The quantitative estimate of drug-likeness (QED) is 0.800. The summed E-state index contributed by atoms with van der Waals surface area (Å²) < 4.78 is 0.961. The standard InChI is InChI=1S/C16H21BrN2O/c1-11-8-14(10-16(2,3)9-11)18-19-15(20)12-4-6-13(17)7-5-12/h4-7,11H,8-10H2,1-3H3,(H,19,20)/b18-14-/t11-/m0/s1. The summed E-state index contributed by atoms with van der Waals surface area (Å²) >= 11 is 3.36. The summed E-state index contributed by atoms with van der Waals surface area (Å²) in [5.74, 6) is 0.475. The van der Waals surface area contributed by atoms with E-state index in [1.165, 1.54) is 6.42 Å². The molecule has 0 radical (unpaired) electrons. The molecule has 3 nitrogen and oxygen atoms in total. The number of nitrogens with zero attached hydrogens (tertiary/aromatic N) is 1. The molecular weight excluding hydrogens is 316 g/mol. The Bertz CT molecular complexity index is 520. The number of amides is 1. The fraction of sp³-hybridized carbons (Fsp3) is 0.500. The fourth-order valence-corrected chi connectivity index (χ4v) is 3.26. The maximum atomic E-state index is 12.0. The molecule has 1 fully saturated rings. The number of carbonyl (C=O) groups is 1. The second-order valence-corrected chi connectivity index (χ2v) is 7.40. The minimum absolute atomic E-state index is 0.152. The van der Waals surface area contributed by atoms with Gasteiger partial charge in [-0.05, 0) is 54.9 Å². The van der Waals surface area contributed by atoms with Gasteiger partial charge in [0.2, 0.25) is 0 Å². The van der Waals surface area contributed by atoms with Crippen LogP contribution in [0.15, 0.2) is 33.8 Å². The predicted octanol–water partition coefficient (Wildman–Crippen LogP) is 4.38. The highest BCUT2D eigenvalue weighted by atomic mass is 79.9. The lowest BCUT2D eigenvalue weighted by Crippen LogP contribution is -2.30. The van der Waals surface area contributed by atoms with E-state index in [0.29, 0.717) is 11.5 Å². The Hall–Kier alpha value is -1.16.